The van der Waals surface area contributed by atoms with Crippen LogP contribution in [0.25, 0.3) is 0 Å². The van der Waals surface area contributed by atoms with Gasteiger partial charge in [0.1, 0.15) is 0 Å². The van der Waals surface area contributed by atoms with E-state index in [9.17, 15) is 4.79 Å². The summed E-state index contributed by atoms with van der Waals surface area (Å²) in [6.45, 7) is 2.72. The molecule has 0 amide bonds. The molecular weight excluding hydrogens is 172 g/mol. The maximum atomic E-state index is 11.2. The van der Waals surface area contributed by atoms with E-state index in [0.717, 1.165) is 25.9 Å². The fourth-order valence-corrected chi connectivity index (χ4v) is 3.27. The second-order valence-corrected chi connectivity index (χ2v) is 4.95. The van der Waals surface area contributed by atoms with E-state index in [-0.39, 0.29) is 4.87 Å². The summed E-state index contributed by atoms with van der Waals surface area (Å²) in [5, 5.41) is 3.65. The Bertz CT molecular complexity index is 201. The number of likely N-dealkylation sites (N-methyl/N-ethyl adjacent to an activating group) is 1. The highest BCUT2D eigenvalue weighted by Crippen LogP contribution is 2.41. The number of nitrogens with zero attached hydrogens (tertiary/aromatic N) is 1. The number of hydrogen-bond donors (Lipinski definition) is 1. The molecule has 0 bridgehead atoms. The number of carbonyl (C=O) groups is 1. The van der Waals surface area contributed by atoms with Gasteiger partial charge in [0.05, 0.1) is 11.4 Å². The van der Waals surface area contributed by atoms with Crippen molar-refractivity contribution in [1.29, 1.82) is 0 Å². The van der Waals surface area contributed by atoms with Crippen molar-refractivity contribution in [2.24, 2.45) is 0 Å². The van der Waals surface area contributed by atoms with Crippen molar-refractivity contribution in [3.8, 4) is 0 Å². The summed E-state index contributed by atoms with van der Waals surface area (Å²) in [6, 6.07) is 0. The van der Waals surface area contributed by atoms with Gasteiger partial charge in [-0.2, -0.15) is 0 Å². The molecule has 0 aromatic rings. The van der Waals surface area contributed by atoms with Crippen molar-refractivity contribution in [3.63, 3.8) is 0 Å². The normalized spacial score (nSPS) is 29.9. The molecule has 0 saturated carbocycles. The molecule has 2 aliphatic rings. The first-order chi connectivity index (χ1) is 5.73. The van der Waals surface area contributed by atoms with Crippen LogP contribution < -0.4 is 5.32 Å². The summed E-state index contributed by atoms with van der Waals surface area (Å²) in [5.74, 6) is 0. The van der Waals surface area contributed by atoms with E-state index >= 15 is 0 Å². The van der Waals surface area contributed by atoms with Crippen molar-refractivity contribution in [2.45, 2.75) is 17.7 Å². The molecule has 0 aliphatic carbocycles. The van der Waals surface area contributed by atoms with E-state index in [0.29, 0.717) is 11.7 Å². The molecule has 2 rings (SSSR count). The number of thioether (sulfide) groups is 1. The molecule has 0 unspecified atom stereocenters. The van der Waals surface area contributed by atoms with Gasteiger partial charge < -0.3 is 5.32 Å². The minimum atomic E-state index is 0.141. The summed E-state index contributed by atoms with van der Waals surface area (Å²) in [5.41, 5.74) is 0. The summed E-state index contributed by atoms with van der Waals surface area (Å²) in [6.07, 6.45) is 2.19. The molecule has 2 fully saturated rings. The van der Waals surface area contributed by atoms with Crippen LogP contribution >= 0.6 is 11.8 Å². The second-order valence-electron chi connectivity index (χ2n) is 3.53. The Kier molecular flexibility index (Phi) is 2.14. The van der Waals surface area contributed by atoms with Crippen molar-refractivity contribution in [2.75, 3.05) is 26.7 Å². The molecule has 0 atom stereocenters. The Morgan fingerprint density at radius 1 is 1.50 bits per heavy atom. The van der Waals surface area contributed by atoms with Gasteiger partial charge in [-0.1, -0.05) is 11.8 Å². The Hall–Kier alpha value is -0.0600. The van der Waals surface area contributed by atoms with Crippen LogP contribution in [-0.4, -0.2) is 41.6 Å². The minimum Gasteiger partial charge on any atom is -0.317 e. The van der Waals surface area contributed by atoms with Gasteiger partial charge >= 0.3 is 0 Å². The third kappa shape index (κ3) is 1.28. The largest absolute Gasteiger partial charge is 0.317 e. The van der Waals surface area contributed by atoms with Crippen LogP contribution in [0.15, 0.2) is 0 Å². The lowest BCUT2D eigenvalue weighted by Gasteiger charge is -2.37. The Balaban J connectivity index is 2.13. The Morgan fingerprint density at radius 3 is 2.67 bits per heavy atom. The monoisotopic (exact) mass is 186 g/mol. The predicted molar refractivity (Wildman–Crippen MR) is 50.1 cm³/mol. The highest BCUT2D eigenvalue weighted by atomic mass is 32.2. The molecule has 12 heavy (non-hydrogen) atoms. The first-order valence-corrected chi connectivity index (χ1v) is 5.18. The topological polar surface area (TPSA) is 32.3 Å². The van der Waals surface area contributed by atoms with E-state index in [1.165, 1.54) is 0 Å². The van der Waals surface area contributed by atoms with Crippen LogP contribution in [0.1, 0.15) is 12.8 Å². The molecule has 4 heteroatoms. The molecule has 0 aromatic carbocycles. The van der Waals surface area contributed by atoms with Gasteiger partial charge in [-0.25, -0.2) is 0 Å². The lowest BCUT2D eigenvalue weighted by molar-refractivity contribution is -0.111. The molecule has 1 N–H and O–H groups in total. The van der Waals surface area contributed by atoms with E-state index in [2.05, 4.69) is 17.3 Å². The standard InChI is InChI=1S/C8H14N2OS/c1-10-6-7(11)12-8(10)2-4-9-5-3-8/h9H,2-6H2,1H3. The SMILES string of the molecule is CN1CC(=O)SC12CCNCC2. The van der Waals surface area contributed by atoms with Gasteiger partial charge in [0, 0.05) is 0 Å². The molecule has 1 spiro atoms. The van der Waals surface area contributed by atoms with Gasteiger partial charge in [0.2, 0.25) is 5.12 Å². The molecule has 2 heterocycles. The summed E-state index contributed by atoms with van der Waals surface area (Å²) in [4.78, 5) is 13.6. The van der Waals surface area contributed by atoms with E-state index in [4.69, 9.17) is 0 Å². The first kappa shape index (κ1) is 8.53. The fourth-order valence-electron chi connectivity index (χ4n) is 1.96. The molecule has 2 saturated heterocycles. The number of rotatable bonds is 0. The molecular formula is C8H14N2OS. The van der Waals surface area contributed by atoms with Gasteiger partial charge in [0.15, 0.2) is 0 Å². The summed E-state index contributed by atoms with van der Waals surface area (Å²) in [7, 11) is 2.06. The number of piperidine rings is 1. The van der Waals surface area contributed by atoms with Gasteiger partial charge in [-0.05, 0) is 33.0 Å². The lowest BCUT2D eigenvalue weighted by atomic mass is 10.0. The van der Waals surface area contributed by atoms with Crippen LogP contribution in [0.4, 0.5) is 0 Å². The Labute approximate surface area is 76.9 Å². The average molecular weight is 186 g/mol. The third-order valence-corrected chi connectivity index (χ3v) is 4.21. The highest BCUT2D eigenvalue weighted by Gasteiger charge is 2.44. The summed E-state index contributed by atoms with van der Waals surface area (Å²) < 4.78 is 0. The Morgan fingerprint density at radius 2 is 2.17 bits per heavy atom. The lowest BCUT2D eigenvalue weighted by Crippen LogP contribution is -2.47. The first-order valence-electron chi connectivity index (χ1n) is 4.37. The summed E-state index contributed by atoms with van der Waals surface area (Å²) >= 11 is 1.54. The van der Waals surface area contributed by atoms with Crippen LogP contribution in [0.5, 0.6) is 0 Å². The van der Waals surface area contributed by atoms with Crippen LogP contribution in [0.3, 0.4) is 0 Å². The number of hydrogen-bond acceptors (Lipinski definition) is 4. The van der Waals surface area contributed by atoms with Gasteiger partial charge in [-0.3, -0.25) is 9.69 Å². The molecule has 2 aliphatic heterocycles. The van der Waals surface area contributed by atoms with Crippen LogP contribution in [-0.2, 0) is 4.79 Å². The zero-order valence-electron chi connectivity index (χ0n) is 7.30. The maximum absolute atomic E-state index is 11.2. The number of nitrogens with one attached hydrogen (secondary N) is 1. The molecule has 0 radical (unpaired) electrons. The van der Waals surface area contributed by atoms with Crippen molar-refractivity contribution in [3.05, 3.63) is 0 Å². The maximum Gasteiger partial charge on any atom is 0.204 e. The molecule has 68 valence electrons. The smallest absolute Gasteiger partial charge is 0.204 e. The van der Waals surface area contributed by atoms with Gasteiger partial charge in [0.25, 0.3) is 0 Å². The van der Waals surface area contributed by atoms with Crippen LogP contribution in [0.2, 0.25) is 0 Å². The third-order valence-electron chi connectivity index (χ3n) is 2.75. The zero-order valence-corrected chi connectivity index (χ0v) is 8.12. The average Bonchev–Trinajstić information content (AvgIpc) is 2.29. The highest BCUT2D eigenvalue weighted by molar-refractivity contribution is 8.15. The van der Waals surface area contributed by atoms with E-state index in [1.54, 1.807) is 11.8 Å². The second kappa shape index (κ2) is 3.01. The van der Waals surface area contributed by atoms with Gasteiger partial charge in [-0.15, -0.1) is 0 Å². The van der Waals surface area contributed by atoms with E-state index < -0.39 is 0 Å². The zero-order chi connectivity index (χ0) is 8.60. The van der Waals surface area contributed by atoms with Crippen molar-refractivity contribution >= 4 is 16.9 Å². The predicted octanol–water partition coefficient (Wildman–Crippen LogP) is 0.271. The number of carbonyl (C=O) groups excluding carboxylic acids is 1. The molecule has 0 aromatic heterocycles. The van der Waals surface area contributed by atoms with E-state index in [1.807, 2.05) is 0 Å². The quantitative estimate of drug-likeness (QED) is 0.588. The van der Waals surface area contributed by atoms with Crippen molar-refractivity contribution < 1.29 is 4.79 Å². The minimum absolute atomic E-state index is 0.141. The van der Waals surface area contributed by atoms with Crippen LogP contribution in [0, 0.1) is 0 Å². The molecule has 3 nitrogen and oxygen atoms in total. The van der Waals surface area contributed by atoms with Crippen molar-refractivity contribution in [1.82, 2.24) is 10.2 Å². The fraction of sp³-hybridized carbons (Fsp3) is 0.875.